The van der Waals surface area contributed by atoms with Crippen molar-refractivity contribution in [3.05, 3.63) is 23.8 Å². The van der Waals surface area contributed by atoms with Crippen LogP contribution in [0.15, 0.2) is 18.2 Å². The zero-order valence-corrected chi connectivity index (χ0v) is 12.5. The van der Waals surface area contributed by atoms with E-state index >= 15 is 0 Å². The summed E-state index contributed by atoms with van der Waals surface area (Å²) in [4.78, 5) is 1.68. The smallest absolute Gasteiger partial charge is 0.161 e. The third-order valence-electron chi connectivity index (χ3n) is 3.98. The molecule has 1 heterocycles. The quantitative estimate of drug-likeness (QED) is 0.895. The molecule has 0 amide bonds. The van der Waals surface area contributed by atoms with Crippen LogP contribution in [0.1, 0.15) is 25.8 Å². The molecule has 1 aliphatic heterocycles. The Morgan fingerprint density at radius 1 is 1.05 bits per heavy atom. The van der Waals surface area contributed by atoms with Crippen molar-refractivity contribution in [3.63, 3.8) is 0 Å². The summed E-state index contributed by atoms with van der Waals surface area (Å²) >= 11 is 0. The number of hydrogen-bond donors (Lipinski definition) is 1. The van der Waals surface area contributed by atoms with Crippen molar-refractivity contribution >= 4 is 0 Å². The van der Waals surface area contributed by atoms with E-state index < -0.39 is 0 Å². The molecule has 1 aliphatic rings. The molecule has 0 saturated carbocycles. The van der Waals surface area contributed by atoms with Gasteiger partial charge in [-0.2, -0.15) is 0 Å². The number of likely N-dealkylation sites (tertiary alicyclic amines) is 1. The van der Waals surface area contributed by atoms with E-state index in [4.69, 9.17) is 9.47 Å². The van der Waals surface area contributed by atoms with Gasteiger partial charge in [0.2, 0.25) is 0 Å². The maximum atomic E-state index is 5.37. The van der Waals surface area contributed by atoms with E-state index in [0.717, 1.165) is 29.9 Å². The Labute approximate surface area is 116 Å². The molecule has 0 spiro atoms. The first-order chi connectivity index (χ1) is 9.12. The normalized spacial score (nSPS) is 27.1. The van der Waals surface area contributed by atoms with E-state index in [2.05, 4.69) is 26.0 Å². The van der Waals surface area contributed by atoms with Crippen LogP contribution in [0.5, 0.6) is 11.5 Å². The molecule has 1 aromatic carbocycles. The molecule has 1 aromatic rings. The second kappa shape index (κ2) is 6.29. The van der Waals surface area contributed by atoms with Gasteiger partial charge in [-0.15, -0.1) is 0 Å². The minimum absolute atomic E-state index is 0.807. The van der Waals surface area contributed by atoms with Crippen molar-refractivity contribution in [3.8, 4) is 11.5 Å². The Hall–Kier alpha value is -1.22. The van der Waals surface area contributed by atoms with Gasteiger partial charge in [-0.1, -0.05) is 13.8 Å². The fraction of sp³-hybridized carbons (Fsp3) is 0.625. The van der Waals surface area contributed by atoms with Gasteiger partial charge in [0.15, 0.2) is 11.5 Å². The SMILES string of the molecule is COc1ccc(C[NH+]2C[C@@H](C)C[C@H](C)C2)cc1OC. The highest BCUT2D eigenvalue weighted by molar-refractivity contribution is 5.42. The third kappa shape index (κ3) is 3.63. The standard InChI is InChI=1S/C16H25NO2/c1-12-7-13(2)10-17(9-12)11-14-5-6-15(18-3)16(8-14)19-4/h5-6,8,12-13H,7,9-11H2,1-4H3/p+1/t12-,13-/m0/s1. The number of rotatable bonds is 4. The van der Waals surface area contributed by atoms with Crippen LogP contribution in [0.25, 0.3) is 0 Å². The molecule has 106 valence electrons. The molecule has 2 rings (SSSR count). The molecule has 0 aromatic heterocycles. The van der Waals surface area contributed by atoms with Crippen molar-refractivity contribution < 1.29 is 14.4 Å². The largest absolute Gasteiger partial charge is 0.493 e. The van der Waals surface area contributed by atoms with Crippen LogP contribution >= 0.6 is 0 Å². The number of quaternary nitrogens is 1. The van der Waals surface area contributed by atoms with Gasteiger partial charge in [0.25, 0.3) is 0 Å². The number of piperidine rings is 1. The van der Waals surface area contributed by atoms with Crippen molar-refractivity contribution in [2.45, 2.75) is 26.8 Å². The van der Waals surface area contributed by atoms with Gasteiger partial charge in [-0.3, -0.25) is 0 Å². The van der Waals surface area contributed by atoms with Crippen LogP contribution in [0, 0.1) is 11.8 Å². The van der Waals surface area contributed by atoms with E-state index in [1.54, 1.807) is 19.1 Å². The van der Waals surface area contributed by atoms with Crippen LogP contribution in [0.2, 0.25) is 0 Å². The number of methoxy groups -OCH3 is 2. The number of ether oxygens (including phenoxy) is 2. The van der Waals surface area contributed by atoms with Gasteiger partial charge in [0.1, 0.15) is 6.54 Å². The fourth-order valence-corrected chi connectivity index (χ4v) is 3.35. The van der Waals surface area contributed by atoms with Crippen molar-refractivity contribution in [1.82, 2.24) is 0 Å². The average Bonchev–Trinajstić information content (AvgIpc) is 2.37. The third-order valence-corrected chi connectivity index (χ3v) is 3.98. The summed E-state index contributed by atoms with van der Waals surface area (Å²) in [5, 5.41) is 0. The van der Waals surface area contributed by atoms with Gasteiger partial charge in [-0.05, 0) is 24.6 Å². The predicted octanol–water partition coefficient (Wildman–Crippen LogP) is 1.76. The molecule has 0 bridgehead atoms. The van der Waals surface area contributed by atoms with Crippen LogP contribution in [0.4, 0.5) is 0 Å². The fourth-order valence-electron chi connectivity index (χ4n) is 3.35. The second-order valence-corrected chi connectivity index (χ2v) is 5.97. The predicted molar refractivity (Wildman–Crippen MR) is 76.9 cm³/mol. The number of hydrogen-bond acceptors (Lipinski definition) is 2. The molecule has 1 N–H and O–H groups in total. The molecule has 0 aliphatic carbocycles. The van der Waals surface area contributed by atoms with Gasteiger partial charge in [-0.25, -0.2) is 0 Å². The second-order valence-electron chi connectivity index (χ2n) is 5.97. The van der Waals surface area contributed by atoms with Crippen LogP contribution in [-0.4, -0.2) is 27.3 Å². The van der Waals surface area contributed by atoms with Crippen LogP contribution in [-0.2, 0) is 6.54 Å². The minimum atomic E-state index is 0.807. The summed E-state index contributed by atoms with van der Waals surface area (Å²) in [6.45, 7) is 8.36. The van der Waals surface area contributed by atoms with Crippen LogP contribution in [0.3, 0.4) is 0 Å². The summed E-state index contributed by atoms with van der Waals surface area (Å²) in [5.41, 5.74) is 1.33. The lowest BCUT2D eigenvalue weighted by molar-refractivity contribution is -0.925. The summed E-state index contributed by atoms with van der Waals surface area (Å²) < 4.78 is 10.7. The maximum Gasteiger partial charge on any atom is 0.161 e. The van der Waals surface area contributed by atoms with Gasteiger partial charge in [0.05, 0.1) is 27.3 Å². The van der Waals surface area contributed by atoms with Crippen molar-refractivity contribution in [1.29, 1.82) is 0 Å². The molecule has 1 fully saturated rings. The molecular weight excluding hydrogens is 238 g/mol. The molecular formula is C16H26NO2+. The summed E-state index contributed by atoms with van der Waals surface area (Å²) in [6.07, 6.45) is 1.37. The molecule has 3 heteroatoms. The van der Waals surface area contributed by atoms with Crippen molar-refractivity contribution in [2.24, 2.45) is 11.8 Å². The molecule has 1 saturated heterocycles. The first-order valence-electron chi connectivity index (χ1n) is 7.16. The summed E-state index contributed by atoms with van der Waals surface area (Å²) in [5.74, 6) is 3.30. The maximum absolute atomic E-state index is 5.37. The van der Waals surface area contributed by atoms with Gasteiger partial charge < -0.3 is 14.4 Å². The topological polar surface area (TPSA) is 22.9 Å². The van der Waals surface area contributed by atoms with E-state index in [9.17, 15) is 0 Å². The van der Waals surface area contributed by atoms with Gasteiger partial charge in [0, 0.05) is 17.4 Å². The van der Waals surface area contributed by atoms with Crippen molar-refractivity contribution in [2.75, 3.05) is 27.3 Å². The van der Waals surface area contributed by atoms with Gasteiger partial charge >= 0.3 is 0 Å². The Kier molecular flexibility index (Phi) is 4.70. The number of nitrogens with one attached hydrogen (secondary N) is 1. The highest BCUT2D eigenvalue weighted by atomic mass is 16.5. The molecule has 2 atom stereocenters. The Bertz CT molecular complexity index is 409. The first-order valence-corrected chi connectivity index (χ1v) is 7.16. The summed E-state index contributed by atoms with van der Waals surface area (Å²) in [6, 6.07) is 6.26. The minimum Gasteiger partial charge on any atom is -0.493 e. The Morgan fingerprint density at radius 3 is 2.26 bits per heavy atom. The number of benzene rings is 1. The van der Waals surface area contributed by atoms with E-state index in [1.165, 1.54) is 25.1 Å². The highest BCUT2D eigenvalue weighted by Crippen LogP contribution is 2.27. The van der Waals surface area contributed by atoms with E-state index in [-0.39, 0.29) is 0 Å². The zero-order chi connectivity index (χ0) is 13.8. The lowest BCUT2D eigenvalue weighted by Gasteiger charge is -2.32. The molecule has 0 unspecified atom stereocenters. The van der Waals surface area contributed by atoms with E-state index in [0.29, 0.717) is 0 Å². The van der Waals surface area contributed by atoms with Crippen LogP contribution < -0.4 is 14.4 Å². The molecule has 3 nitrogen and oxygen atoms in total. The monoisotopic (exact) mass is 264 g/mol. The summed E-state index contributed by atoms with van der Waals surface area (Å²) in [7, 11) is 3.37. The van der Waals surface area contributed by atoms with E-state index in [1.807, 2.05) is 6.07 Å². The Balaban J connectivity index is 2.06. The molecule has 0 radical (unpaired) electrons. The zero-order valence-electron chi connectivity index (χ0n) is 12.5. The Morgan fingerprint density at radius 2 is 1.68 bits per heavy atom. The average molecular weight is 264 g/mol. The lowest BCUT2D eigenvalue weighted by atomic mass is 9.91. The highest BCUT2D eigenvalue weighted by Gasteiger charge is 2.25. The lowest BCUT2D eigenvalue weighted by Crippen LogP contribution is -3.13. The molecule has 19 heavy (non-hydrogen) atoms. The first kappa shape index (κ1) is 14.2.